The highest BCUT2D eigenvalue weighted by Crippen LogP contribution is 2.13. The van der Waals surface area contributed by atoms with Crippen LogP contribution in [0.15, 0.2) is 54.6 Å². The van der Waals surface area contributed by atoms with Gasteiger partial charge in [-0.25, -0.2) is 0 Å². The van der Waals surface area contributed by atoms with Crippen LogP contribution in [-0.2, 0) is 11.3 Å². The van der Waals surface area contributed by atoms with Gasteiger partial charge in [0.05, 0.1) is 0 Å². The lowest BCUT2D eigenvalue weighted by molar-refractivity contribution is -0.132. The fourth-order valence-corrected chi connectivity index (χ4v) is 3.53. The molecule has 2 aromatic rings. The third-order valence-electron chi connectivity index (χ3n) is 4.97. The van der Waals surface area contributed by atoms with Crippen LogP contribution in [0, 0.1) is 0 Å². The Bertz CT molecular complexity index is 795. The van der Waals surface area contributed by atoms with Gasteiger partial charge >= 0.3 is 0 Å². The highest BCUT2D eigenvalue weighted by atomic mass is 35.5. The van der Waals surface area contributed by atoms with E-state index in [1.165, 1.54) is 5.56 Å². The van der Waals surface area contributed by atoms with Gasteiger partial charge in [0.15, 0.2) is 0 Å². The summed E-state index contributed by atoms with van der Waals surface area (Å²) in [5.41, 5.74) is 1.78. The molecular weight excluding hydrogens is 374 g/mol. The summed E-state index contributed by atoms with van der Waals surface area (Å²) in [6.45, 7) is 5.73. The number of benzene rings is 2. The van der Waals surface area contributed by atoms with Gasteiger partial charge in [0, 0.05) is 43.3 Å². The van der Waals surface area contributed by atoms with Crippen LogP contribution in [0.5, 0.6) is 0 Å². The summed E-state index contributed by atoms with van der Waals surface area (Å²) in [6, 6.07) is 16.3. The summed E-state index contributed by atoms with van der Waals surface area (Å²) >= 11 is 5.95. The molecular formula is C22H26ClN3O2. The second-order valence-corrected chi connectivity index (χ2v) is 7.58. The molecule has 0 radical (unpaired) electrons. The topological polar surface area (TPSA) is 52.7 Å². The van der Waals surface area contributed by atoms with Crippen LogP contribution in [0.4, 0.5) is 0 Å². The molecule has 1 N–H and O–H groups in total. The maximum Gasteiger partial charge on any atom is 0.251 e. The predicted molar refractivity (Wildman–Crippen MR) is 111 cm³/mol. The molecule has 2 amide bonds. The number of rotatable bonds is 5. The van der Waals surface area contributed by atoms with Crippen LogP contribution in [-0.4, -0.2) is 53.8 Å². The molecule has 1 aliphatic heterocycles. The smallest absolute Gasteiger partial charge is 0.251 e. The standard InChI is InChI=1S/C22H26ClN3O2/c1-17(24-21(27)19-6-3-2-4-7-19)22(28)26-13-5-12-25(14-15-26)16-18-8-10-20(23)11-9-18/h2-4,6-11,17H,5,12-16H2,1H3,(H,24,27). The molecule has 3 rings (SSSR count). The minimum atomic E-state index is -0.546. The van der Waals surface area contributed by atoms with Crippen LogP contribution in [0.2, 0.25) is 5.02 Å². The number of halogens is 1. The maximum atomic E-state index is 12.8. The van der Waals surface area contributed by atoms with Crippen LogP contribution in [0.1, 0.15) is 29.3 Å². The Kier molecular flexibility index (Phi) is 7.06. The summed E-state index contributed by atoms with van der Waals surface area (Å²) in [5, 5.41) is 3.55. The third-order valence-corrected chi connectivity index (χ3v) is 5.23. The van der Waals surface area contributed by atoms with Crippen molar-refractivity contribution in [3.8, 4) is 0 Å². The lowest BCUT2D eigenvalue weighted by atomic mass is 10.2. The number of nitrogens with one attached hydrogen (secondary N) is 1. The molecule has 148 valence electrons. The number of carbonyl (C=O) groups excluding carboxylic acids is 2. The largest absolute Gasteiger partial charge is 0.341 e. The van der Waals surface area contributed by atoms with Gasteiger partial charge in [0.25, 0.3) is 5.91 Å². The quantitative estimate of drug-likeness (QED) is 0.840. The Labute approximate surface area is 171 Å². The summed E-state index contributed by atoms with van der Waals surface area (Å²) in [4.78, 5) is 29.3. The zero-order valence-electron chi connectivity index (χ0n) is 16.1. The molecule has 6 heteroatoms. The number of hydrogen-bond acceptors (Lipinski definition) is 3. The van der Waals surface area contributed by atoms with Crippen molar-refractivity contribution < 1.29 is 9.59 Å². The molecule has 1 aliphatic rings. The van der Waals surface area contributed by atoms with Crippen molar-refractivity contribution in [2.75, 3.05) is 26.2 Å². The Morgan fingerprint density at radius 1 is 1.00 bits per heavy atom. The third kappa shape index (κ3) is 5.57. The van der Waals surface area contributed by atoms with Crippen molar-refractivity contribution in [3.63, 3.8) is 0 Å². The van der Waals surface area contributed by atoms with Crippen LogP contribution in [0.3, 0.4) is 0 Å². The Morgan fingerprint density at radius 3 is 2.43 bits per heavy atom. The van der Waals surface area contributed by atoms with E-state index in [-0.39, 0.29) is 11.8 Å². The van der Waals surface area contributed by atoms with Crippen molar-refractivity contribution in [3.05, 3.63) is 70.7 Å². The number of amides is 2. The van der Waals surface area contributed by atoms with Crippen LogP contribution >= 0.6 is 11.6 Å². The van der Waals surface area contributed by atoms with E-state index < -0.39 is 6.04 Å². The van der Waals surface area contributed by atoms with Crippen molar-refractivity contribution >= 4 is 23.4 Å². The molecule has 0 bridgehead atoms. The normalized spacial score (nSPS) is 16.3. The van der Waals surface area contributed by atoms with Crippen LogP contribution < -0.4 is 5.32 Å². The van der Waals surface area contributed by atoms with E-state index in [1.54, 1.807) is 19.1 Å². The molecule has 1 heterocycles. The number of nitrogens with zero attached hydrogens (tertiary/aromatic N) is 2. The van der Waals surface area contributed by atoms with E-state index in [0.717, 1.165) is 31.1 Å². The minimum absolute atomic E-state index is 0.0300. The molecule has 5 nitrogen and oxygen atoms in total. The number of carbonyl (C=O) groups is 2. The fraction of sp³-hybridized carbons (Fsp3) is 0.364. The molecule has 1 fully saturated rings. The molecule has 0 aromatic heterocycles. The molecule has 0 saturated carbocycles. The molecule has 0 aliphatic carbocycles. The van der Waals surface area contributed by atoms with E-state index in [0.29, 0.717) is 18.7 Å². The van der Waals surface area contributed by atoms with E-state index in [1.807, 2.05) is 47.4 Å². The zero-order chi connectivity index (χ0) is 19.9. The van der Waals surface area contributed by atoms with E-state index in [4.69, 9.17) is 11.6 Å². The van der Waals surface area contributed by atoms with Gasteiger partial charge in [-0.1, -0.05) is 41.9 Å². The average Bonchev–Trinajstić information content (AvgIpc) is 2.95. The van der Waals surface area contributed by atoms with Gasteiger partial charge in [0.2, 0.25) is 5.91 Å². The first-order valence-corrected chi connectivity index (χ1v) is 10.0. The van der Waals surface area contributed by atoms with Crippen LogP contribution in [0.25, 0.3) is 0 Å². The monoisotopic (exact) mass is 399 g/mol. The van der Waals surface area contributed by atoms with Crippen molar-refractivity contribution in [2.24, 2.45) is 0 Å². The van der Waals surface area contributed by atoms with E-state index in [9.17, 15) is 9.59 Å². The molecule has 1 atom stereocenters. The second-order valence-electron chi connectivity index (χ2n) is 7.14. The predicted octanol–water partition coefficient (Wildman–Crippen LogP) is 3.19. The molecule has 0 spiro atoms. The number of hydrogen-bond donors (Lipinski definition) is 1. The first kappa shape index (κ1) is 20.4. The highest BCUT2D eigenvalue weighted by molar-refractivity contribution is 6.30. The summed E-state index contributed by atoms with van der Waals surface area (Å²) in [6.07, 6.45) is 0.915. The lowest BCUT2D eigenvalue weighted by Gasteiger charge is -2.25. The van der Waals surface area contributed by atoms with Crippen molar-refractivity contribution in [1.82, 2.24) is 15.1 Å². The Hall–Kier alpha value is -2.37. The first-order chi connectivity index (χ1) is 13.5. The Balaban J connectivity index is 1.51. The van der Waals surface area contributed by atoms with Gasteiger partial charge in [0.1, 0.15) is 6.04 Å². The van der Waals surface area contributed by atoms with Gasteiger partial charge in [-0.15, -0.1) is 0 Å². The van der Waals surface area contributed by atoms with E-state index in [2.05, 4.69) is 10.2 Å². The van der Waals surface area contributed by atoms with Gasteiger partial charge in [-0.05, 0) is 43.2 Å². The SMILES string of the molecule is CC(NC(=O)c1ccccc1)C(=O)N1CCCN(Cc2ccc(Cl)cc2)CC1. The Morgan fingerprint density at radius 2 is 1.71 bits per heavy atom. The van der Waals surface area contributed by atoms with Gasteiger partial charge in [-0.3, -0.25) is 14.5 Å². The molecule has 1 unspecified atom stereocenters. The van der Waals surface area contributed by atoms with Crippen molar-refractivity contribution in [2.45, 2.75) is 25.9 Å². The zero-order valence-corrected chi connectivity index (χ0v) is 16.9. The second kappa shape index (κ2) is 9.71. The maximum absolute atomic E-state index is 12.8. The van der Waals surface area contributed by atoms with E-state index >= 15 is 0 Å². The molecule has 28 heavy (non-hydrogen) atoms. The fourth-order valence-electron chi connectivity index (χ4n) is 3.40. The molecule has 2 aromatic carbocycles. The lowest BCUT2D eigenvalue weighted by Crippen LogP contribution is -2.48. The summed E-state index contributed by atoms with van der Waals surface area (Å²) in [7, 11) is 0. The summed E-state index contributed by atoms with van der Waals surface area (Å²) in [5.74, 6) is -0.252. The van der Waals surface area contributed by atoms with Gasteiger partial charge < -0.3 is 10.2 Å². The average molecular weight is 400 g/mol. The van der Waals surface area contributed by atoms with Crippen molar-refractivity contribution in [1.29, 1.82) is 0 Å². The highest BCUT2D eigenvalue weighted by Gasteiger charge is 2.24. The molecule has 1 saturated heterocycles. The summed E-state index contributed by atoms with van der Waals surface area (Å²) < 4.78 is 0. The first-order valence-electron chi connectivity index (χ1n) is 9.64. The minimum Gasteiger partial charge on any atom is -0.341 e. The van der Waals surface area contributed by atoms with Gasteiger partial charge in [-0.2, -0.15) is 0 Å².